The summed E-state index contributed by atoms with van der Waals surface area (Å²) in [6.45, 7) is 9.26. The zero-order valence-corrected chi connectivity index (χ0v) is 14.5. The Morgan fingerprint density at radius 3 is 2.45 bits per heavy atom. The highest BCUT2D eigenvalue weighted by Crippen LogP contribution is 2.25. The molecule has 2 rings (SSSR count). The molecule has 2 nitrogen and oxygen atoms in total. The first-order valence-corrected chi connectivity index (χ1v) is 8.62. The molecule has 1 saturated heterocycles. The summed E-state index contributed by atoms with van der Waals surface area (Å²) in [7, 11) is 0. The molecular weight excluding hydrogens is 312 g/mol. The van der Waals surface area contributed by atoms with Crippen LogP contribution in [0.1, 0.15) is 51.6 Å². The SMILES string of the molecule is CC(C)N(CC1CCCCN1)C(C)c1ccc(Br)cc1. The third-order valence-electron chi connectivity index (χ3n) is 4.36. The lowest BCUT2D eigenvalue weighted by Gasteiger charge is -2.37. The van der Waals surface area contributed by atoms with Crippen LogP contribution >= 0.6 is 15.9 Å². The Morgan fingerprint density at radius 1 is 1.20 bits per heavy atom. The van der Waals surface area contributed by atoms with Gasteiger partial charge in [0.2, 0.25) is 0 Å². The maximum Gasteiger partial charge on any atom is 0.0323 e. The number of hydrogen-bond donors (Lipinski definition) is 1. The van der Waals surface area contributed by atoms with E-state index < -0.39 is 0 Å². The number of piperidine rings is 1. The van der Waals surface area contributed by atoms with Gasteiger partial charge in [0.1, 0.15) is 0 Å². The van der Waals surface area contributed by atoms with Crippen LogP contribution in [0.4, 0.5) is 0 Å². The van der Waals surface area contributed by atoms with E-state index in [2.05, 4.69) is 71.2 Å². The topological polar surface area (TPSA) is 15.3 Å². The fourth-order valence-electron chi connectivity index (χ4n) is 3.08. The van der Waals surface area contributed by atoms with Crippen molar-refractivity contribution in [2.75, 3.05) is 13.1 Å². The van der Waals surface area contributed by atoms with Crippen molar-refractivity contribution in [1.82, 2.24) is 10.2 Å². The molecule has 0 aliphatic carbocycles. The lowest BCUT2D eigenvalue weighted by molar-refractivity contribution is 0.138. The average molecular weight is 339 g/mol. The van der Waals surface area contributed by atoms with E-state index in [9.17, 15) is 0 Å². The molecule has 0 aromatic heterocycles. The number of halogens is 1. The van der Waals surface area contributed by atoms with Crippen molar-refractivity contribution < 1.29 is 0 Å². The van der Waals surface area contributed by atoms with Crippen molar-refractivity contribution in [3.63, 3.8) is 0 Å². The Morgan fingerprint density at radius 2 is 1.90 bits per heavy atom. The van der Waals surface area contributed by atoms with Crippen LogP contribution < -0.4 is 5.32 Å². The van der Waals surface area contributed by atoms with Crippen molar-refractivity contribution in [1.29, 1.82) is 0 Å². The van der Waals surface area contributed by atoms with E-state index in [-0.39, 0.29) is 0 Å². The van der Waals surface area contributed by atoms with Gasteiger partial charge in [-0.1, -0.05) is 34.5 Å². The predicted octanol–water partition coefficient (Wildman–Crippen LogP) is 4.36. The van der Waals surface area contributed by atoms with Crippen molar-refractivity contribution >= 4 is 15.9 Å². The molecule has 0 saturated carbocycles. The molecule has 1 fully saturated rings. The van der Waals surface area contributed by atoms with Gasteiger partial charge in [-0.3, -0.25) is 4.90 Å². The fourth-order valence-corrected chi connectivity index (χ4v) is 3.35. The Labute approximate surface area is 132 Å². The quantitative estimate of drug-likeness (QED) is 0.857. The molecule has 112 valence electrons. The minimum atomic E-state index is 0.465. The van der Waals surface area contributed by atoms with E-state index in [1.54, 1.807) is 0 Å². The predicted molar refractivity (Wildman–Crippen MR) is 90.0 cm³/mol. The number of rotatable bonds is 5. The Hall–Kier alpha value is -0.380. The molecule has 1 aliphatic heterocycles. The highest BCUT2D eigenvalue weighted by Gasteiger charge is 2.23. The third-order valence-corrected chi connectivity index (χ3v) is 4.89. The standard InChI is InChI=1S/C17H27BrN2/c1-13(2)20(12-17-6-4-5-11-19-17)14(3)15-7-9-16(18)10-8-15/h7-10,13-14,17,19H,4-6,11-12H2,1-3H3. The molecule has 1 heterocycles. The monoisotopic (exact) mass is 338 g/mol. The first kappa shape index (κ1) is 16.0. The van der Waals surface area contributed by atoms with Crippen molar-refractivity contribution in [3.8, 4) is 0 Å². The zero-order valence-electron chi connectivity index (χ0n) is 12.9. The maximum absolute atomic E-state index is 3.67. The molecule has 0 bridgehead atoms. The van der Waals surface area contributed by atoms with Gasteiger partial charge >= 0.3 is 0 Å². The minimum absolute atomic E-state index is 0.465. The lowest BCUT2D eigenvalue weighted by atomic mass is 10.0. The second kappa shape index (κ2) is 7.58. The Balaban J connectivity index is 2.04. The van der Waals surface area contributed by atoms with Gasteiger partial charge in [0.25, 0.3) is 0 Å². The molecule has 2 unspecified atom stereocenters. The summed E-state index contributed by atoms with van der Waals surface area (Å²) in [5.41, 5.74) is 1.40. The minimum Gasteiger partial charge on any atom is -0.313 e. The summed E-state index contributed by atoms with van der Waals surface area (Å²) in [5, 5.41) is 3.67. The largest absolute Gasteiger partial charge is 0.313 e. The second-order valence-corrected chi connectivity index (χ2v) is 7.08. The molecule has 2 atom stereocenters. The van der Waals surface area contributed by atoms with Gasteiger partial charge in [0, 0.05) is 29.1 Å². The van der Waals surface area contributed by atoms with Gasteiger partial charge in [-0.05, 0) is 57.9 Å². The third kappa shape index (κ3) is 4.31. The van der Waals surface area contributed by atoms with Gasteiger partial charge in [0.15, 0.2) is 0 Å². The molecule has 0 radical (unpaired) electrons. The molecule has 1 aromatic rings. The molecule has 0 spiro atoms. The number of nitrogens with one attached hydrogen (secondary N) is 1. The van der Waals surface area contributed by atoms with E-state index in [1.165, 1.54) is 31.4 Å². The molecular formula is C17H27BrN2. The molecule has 1 aliphatic rings. The average Bonchev–Trinajstić information content (AvgIpc) is 2.45. The number of hydrogen-bond acceptors (Lipinski definition) is 2. The summed E-state index contributed by atoms with van der Waals surface area (Å²) in [4.78, 5) is 2.62. The summed E-state index contributed by atoms with van der Waals surface area (Å²) in [6, 6.07) is 10.4. The summed E-state index contributed by atoms with van der Waals surface area (Å²) < 4.78 is 1.15. The van der Waals surface area contributed by atoms with Gasteiger partial charge in [-0.2, -0.15) is 0 Å². The van der Waals surface area contributed by atoms with Gasteiger partial charge < -0.3 is 5.32 Å². The Bertz CT molecular complexity index is 396. The normalized spacial score (nSPS) is 21.4. The van der Waals surface area contributed by atoms with Crippen LogP contribution in [0, 0.1) is 0 Å². The van der Waals surface area contributed by atoms with Crippen LogP contribution in [0.3, 0.4) is 0 Å². The molecule has 1 N–H and O–H groups in total. The highest BCUT2D eigenvalue weighted by atomic mass is 79.9. The molecule has 3 heteroatoms. The van der Waals surface area contributed by atoms with E-state index in [1.807, 2.05) is 0 Å². The van der Waals surface area contributed by atoms with Crippen molar-refractivity contribution in [2.45, 2.75) is 58.2 Å². The van der Waals surface area contributed by atoms with E-state index in [0.29, 0.717) is 18.1 Å². The lowest BCUT2D eigenvalue weighted by Crippen LogP contribution is -2.46. The van der Waals surface area contributed by atoms with Crippen LogP contribution in [0.2, 0.25) is 0 Å². The summed E-state index contributed by atoms with van der Waals surface area (Å²) >= 11 is 3.52. The molecule has 1 aromatic carbocycles. The second-order valence-electron chi connectivity index (χ2n) is 6.16. The van der Waals surface area contributed by atoms with Crippen LogP contribution in [0.5, 0.6) is 0 Å². The first-order chi connectivity index (χ1) is 9.58. The number of benzene rings is 1. The van der Waals surface area contributed by atoms with Crippen LogP contribution in [0.15, 0.2) is 28.7 Å². The van der Waals surface area contributed by atoms with Crippen molar-refractivity contribution in [3.05, 3.63) is 34.3 Å². The Kier molecular flexibility index (Phi) is 6.06. The van der Waals surface area contributed by atoms with Gasteiger partial charge in [0.05, 0.1) is 0 Å². The summed E-state index contributed by atoms with van der Waals surface area (Å²) in [5.74, 6) is 0. The molecule has 0 amide bonds. The highest BCUT2D eigenvalue weighted by molar-refractivity contribution is 9.10. The molecule has 20 heavy (non-hydrogen) atoms. The fraction of sp³-hybridized carbons (Fsp3) is 0.647. The van der Waals surface area contributed by atoms with Crippen LogP contribution in [-0.4, -0.2) is 30.1 Å². The smallest absolute Gasteiger partial charge is 0.0323 e. The van der Waals surface area contributed by atoms with Gasteiger partial charge in [-0.25, -0.2) is 0 Å². The van der Waals surface area contributed by atoms with E-state index in [0.717, 1.165) is 11.0 Å². The summed E-state index contributed by atoms with van der Waals surface area (Å²) in [6.07, 6.45) is 4.02. The van der Waals surface area contributed by atoms with E-state index in [4.69, 9.17) is 0 Å². The zero-order chi connectivity index (χ0) is 14.5. The number of nitrogens with zero attached hydrogens (tertiary/aromatic N) is 1. The first-order valence-electron chi connectivity index (χ1n) is 7.82. The maximum atomic E-state index is 3.67. The van der Waals surface area contributed by atoms with Gasteiger partial charge in [-0.15, -0.1) is 0 Å². The van der Waals surface area contributed by atoms with Crippen molar-refractivity contribution in [2.24, 2.45) is 0 Å². The van der Waals surface area contributed by atoms with Crippen LogP contribution in [-0.2, 0) is 0 Å². The van der Waals surface area contributed by atoms with Crippen LogP contribution in [0.25, 0.3) is 0 Å². The van der Waals surface area contributed by atoms with E-state index >= 15 is 0 Å².